The maximum absolute atomic E-state index is 16.7. The lowest BCUT2D eigenvalue weighted by molar-refractivity contribution is -0.344. The molecule has 3 aliphatic carbocycles. The van der Waals surface area contributed by atoms with Crippen molar-refractivity contribution in [3.8, 4) is 11.5 Å². The van der Waals surface area contributed by atoms with Crippen LogP contribution in [0.15, 0.2) is 120 Å². The summed E-state index contributed by atoms with van der Waals surface area (Å²) in [6, 6.07) is 31.7. The maximum Gasteiger partial charge on any atom is 0.413 e. The molecule has 4 fully saturated rings. The molecule has 2 aliphatic heterocycles. The van der Waals surface area contributed by atoms with Crippen LogP contribution >= 0.6 is 0 Å². The summed E-state index contributed by atoms with van der Waals surface area (Å²) in [4.78, 5) is 90.8. The van der Waals surface area contributed by atoms with Gasteiger partial charge in [-0.1, -0.05) is 113 Å². The number of Topliss-reactive ketones (excluding diaryl/α,β-unsaturated/α-hetero) is 1. The summed E-state index contributed by atoms with van der Waals surface area (Å²) in [6.45, 7) is 14.8. The number of amides is 1. The first-order valence-electron chi connectivity index (χ1n) is 28.1. The van der Waals surface area contributed by atoms with Crippen LogP contribution in [0, 0.1) is 16.7 Å². The van der Waals surface area contributed by atoms with E-state index in [0.29, 0.717) is 40.6 Å². The third kappa shape index (κ3) is 10.3. The maximum atomic E-state index is 16.7. The van der Waals surface area contributed by atoms with E-state index >= 15 is 9.59 Å². The number of hydrogen-bond donors (Lipinski definition) is 1. The van der Waals surface area contributed by atoms with Gasteiger partial charge >= 0.3 is 30.0 Å². The molecule has 9 rings (SSSR count). The Hall–Kier alpha value is -6.90. The van der Waals surface area contributed by atoms with Crippen molar-refractivity contribution in [2.75, 3.05) is 20.8 Å². The minimum atomic E-state index is -2.68. The molecule has 5 aliphatic rings. The van der Waals surface area contributed by atoms with Gasteiger partial charge in [0.15, 0.2) is 38.1 Å². The second-order valence-corrected chi connectivity index (χ2v) is 27.6. The summed E-state index contributed by atoms with van der Waals surface area (Å²) < 4.78 is 64.1. The number of ketones is 1. The fraction of sp³-hybridized carbons (Fsp3) is 0.492. The van der Waals surface area contributed by atoms with Gasteiger partial charge in [0.2, 0.25) is 0 Å². The Labute approximate surface area is 479 Å². The number of esters is 4. The van der Waals surface area contributed by atoms with E-state index in [1.165, 1.54) is 33.0 Å². The molecule has 2 saturated carbocycles. The van der Waals surface area contributed by atoms with Crippen molar-refractivity contribution in [3.05, 3.63) is 143 Å². The van der Waals surface area contributed by atoms with Gasteiger partial charge in [0.05, 0.1) is 43.8 Å². The lowest BCUT2D eigenvalue weighted by atomic mass is 9.44. The summed E-state index contributed by atoms with van der Waals surface area (Å²) in [6.07, 6.45) is -11.2. The second-order valence-electron chi connectivity index (χ2n) is 22.8. The zero-order valence-electron chi connectivity index (χ0n) is 48.5. The third-order valence-electron chi connectivity index (χ3n) is 18.3. The van der Waals surface area contributed by atoms with Gasteiger partial charge < -0.3 is 52.2 Å². The van der Waals surface area contributed by atoms with Crippen molar-refractivity contribution < 1.29 is 80.9 Å². The van der Waals surface area contributed by atoms with E-state index < -0.39 is 127 Å². The molecule has 438 valence electrons. The number of carbonyl (C=O) groups is 6. The number of methoxy groups -OCH3 is 2. The van der Waals surface area contributed by atoms with Crippen LogP contribution in [0.1, 0.15) is 114 Å². The van der Waals surface area contributed by atoms with Gasteiger partial charge in [0.1, 0.15) is 48.1 Å². The molecule has 2 bridgehead atoms. The van der Waals surface area contributed by atoms with Crippen LogP contribution in [-0.2, 0) is 63.4 Å². The van der Waals surface area contributed by atoms with Crippen LogP contribution in [0.5, 0.6) is 11.5 Å². The summed E-state index contributed by atoms with van der Waals surface area (Å²) in [5.41, 5.74) is -5.67. The molecular weight excluding hydrogens is 1070 g/mol. The van der Waals surface area contributed by atoms with Crippen molar-refractivity contribution in [1.82, 2.24) is 4.90 Å². The van der Waals surface area contributed by atoms with Gasteiger partial charge in [-0.2, -0.15) is 0 Å². The monoisotopic (exact) mass is 1150 g/mol. The molecule has 0 aromatic heterocycles. The molecule has 2 heterocycles. The number of carbonyl (C=O) groups excluding carboxylic acids is 6. The molecule has 12 atom stereocenters. The number of nitrogens with zero attached hydrogens (tertiary/aromatic N) is 1. The Balaban J connectivity index is 1.23. The van der Waals surface area contributed by atoms with Crippen LogP contribution in [-0.4, -0.2) is 123 Å². The first-order chi connectivity index (χ1) is 39.1. The zero-order chi connectivity index (χ0) is 59.1. The van der Waals surface area contributed by atoms with E-state index in [9.17, 15) is 24.3 Å². The Kier molecular flexibility index (Phi) is 17.0. The predicted octanol–water partition coefficient (Wildman–Crippen LogP) is 9.73. The third-order valence-corrected chi connectivity index (χ3v) is 23.0. The SMILES string of the molecule is CC[Si](CC)(CC)O[C@H]1CC2OC[C@@]2(OC(C)=O)C2[C@H](OC(=O)c3ccccc3)[C@]3(O)CC(OC(=O)C4OC(c5ccc(OC)cc5OC)N(C(=O)OCc5ccccc5)[C@H]4c4ccccc4)C(C)=C([C@@H](OC(C)=O)C(=O)[C@@]21C)C3(C)C. The Morgan fingerprint density at radius 1 is 0.793 bits per heavy atom. The topological polar surface area (TPSA) is 218 Å². The molecule has 0 spiro atoms. The molecule has 2 saturated heterocycles. The normalized spacial score (nSPS) is 30.0. The number of rotatable bonds is 17. The Bertz CT molecular complexity index is 3070. The van der Waals surface area contributed by atoms with Gasteiger partial charge in [-0.15, -0.1) is 0 Å². The number of fused-ring (bicyclic) bond motifs is 5. The average Bonchev–Trinajstić information content (AvgIpc) is 0.851. The lowest BCUT2D eigenvalue weighted by Gasteiger charge is -2.68. The Morgan fingerprint density at radius 2 is 1.43 bits per heavy atom. The van der Waals surface area contributed by atoms with Gasteiger partial charge in [-0.3, -0.25) is 19.3 Å². The number of ether oxygens (including phenoxy) is 9. The van der Waals surface area contributed by atoms with Crippen LogP contribution < -0.4 is 9.47 Å². The first kappa shape index (κ1) is 59.7. The highest BCUT2D eigenvalue weighted by atomic mass is 28.4. The van der Waals surface area contributed by atoms with Crippen LogP contribution in [0.25, 0.3) is 0 Å². The van der Waals surface area contributed by atoms with Crippen LogP contribution in [0.4, 0.5) is 4.79 Å². The fourth-order valence-electron chi connectivity index (χ4n) is 13.7. The quantitative estimate of drug-likeness (QED) is 0.0450. The van der Waals surface area contributed by atoms with E-state index in [1.54, 1.807) is 107 Å². The molecule has 0 radical (unpaired) electrons. The molecular formula is C63H75NO17Si. The summed E-state index contributed by atoms with van der Waals surface area (Å²) in [5, 5.41) is 14.5. The molecule has 4 aromatic carbocycles. The smallest absolute Gasteiger partial charge is 0.413 e. The van der Waals surface area contributed by atoms with Gasteiger partial charge in [0, 0.05) is 43.7 Å². The van der Waals surface area contributed by atoms with E-state index in [2.05, 4.69) is 0 Å². The predicted molar refractivity (Wildman–Crippen MR) is 299 cm³/mol. The van der Waals surface area contributed by atoms with Crippen molar-refractivity contribution in [2.45, 2.75) is 160 Å². The van der Waals surface area contributed by atoms with Gasteiger partial charge in [-0.05, 0) is 78.5 Å². The van der Waals surface area contributed by atoms with E-state index in [-0.39, 0.29) is 42.1 Å². The highest BCUT2D eigenvalue weighted by molar-refractivity contribution is 6.73. The molecule has 82 heavy (non-hydrogen) atoms. The van der Waals surface area contributed by atoms with E-state index in [4.69, 9.17) is 47.1 Å². The Morgan fingerprint density at radius 3 is 2.00 bits per heavy atom. The highest BCUT2D eigenvalue weighted by Crippen LogP contribution is 2.65. The zero-order valence-corrected chi connectivity index (χ0v) is 49.5. The van der Waals surface area contributed by atoms with Gasteiger partial charge in [-0.25, -0.2) is 14.4 Å². The summed E-state index contributed by atoms with van der Waals surface area (Å²) >= 11 is 0. The van der Waals surface area contributed by atoms with Crippen molar-refractivity contribution >= 4 is 44.1 Å². The van der Waals surface area contributed by atoms with E-state index in [1.807, 2.05) is 51.1 Å². The molecule has 18 nitrogen and oxygen atoms in total. The molecule has 1 amide bonds. The lowest BCUT2D eigenvalue weighted by Crippen LogP contribution is -2.82. The first-order valence-corrected chi connectivity index (χ1v) is 30.6. The summed E-state index contributed by atoms with van der Waals surface area (Å²) in [5.74, 6) is -4.83. The van der Waals surface area contributed by atoms with Crippen molar-refractivity contribution in [3.63, 3.8) is 0 Å². The van der Waals surface area contributed by atoms with Gasteiger partial charge in [0.25, 0.3) is 0 Å². The number of hydrogen-bond acceptors (Lipinski definition) is 17. The number of aliphatic hydroxyl groups is 1. The standard InChI is InChI=1S/C63H75NO17Si/c1-12-82(13-2,14-3)81-47-33-48-62(36-75-48,80-39(6)66)53-55(79-57(68)42-28-22-17-23-29-42)63(71)34-46(37(4)49(60(63,7)8)51(76-38(5)65)54(67)61(47,53)9)77-58(69)52-50(41-26-20-16-21-27-41)64(59(70)74-35-40-24-18-15-19-25-40)56(78-52)44-31-30-43(72-10)32-45(44)73-11/h15-32,46-48,50-53,55-56,71H,12-14,33-36H2,1-11H3/t46?,47-,48?,50-,51+,52?,53?,55-,56?,61+,62-,63+/m0/s1. The number of benzene rings is 4. The minimum Gasteiger partial charge on any atom is -0.497 e. The van der Waals surface area contributed by atoms with Crippen LogP contribution in [0.2, 0.25) is 18.1 Å². The average molecular weight is 1150 g/mol. The van der Waals surface area contributed by atoms with E-state index in [0.717, 1.165) is 0 Å². The van der Waals surface area contributed by atoms with Crippen molar-refractivity contribution in [1.29, 1.82) is 0 Å². The van der Waals surface area contributed by atoms with Crippen molar-refractivity contribution in [2.24, 2.45) is 16.7 Å². The molecule has 5 unspecified atom stereocenters. The molecule has 1 N–H and O–H groups in total. The molecule has 4 aromatic rings. The minimum absolute atomic E-state index is 0.0666. The summed E-state index contributed by atoms with van der Waals surface area (Å²) in [7, 11) is 0.262. The largest absolute Gasteiger partial charge is 0.497 e. The second kappa shape index (κ2) is 23.4. The highest BCUT2D eigenvalue weighted by Gasteiger charge is 2.79. The fourth-order valence-corrected chi connectivity index (χ4v) is 16.6. The molecule has 19 heteroatoms. The van der Waals surface area contributed by atoms with Crippen LogP contribution in [0.3, 0.4) is 0 Å².